The number of hydrogen-bond donors (Lipinski definition) is 1. The Morgan fingerprint density at radius 3 is 2.35 bits per heavy atom. The zero-order valence-electron chi connectivity index (χ0n) is 11.8. The van der Waals surface area contributed by atoms with E-state index in [9.17, 15) is 4.79 Å². The van der Waals surface area contributed by atoms with Crippen molar-refractivity contribution in [3.05, 3.63) is 23.4 Å². The molecule has 0 spiro atoms. The van der Waals surface area contributed by atoms with E-state index in [1.807, 2.05) is 0 Å². The maximum atomic E-state index is 12.6. The van der Waals surface area contributed by atoms with Gasteiger partial charge in [0.25, 0.3) is 0 Å². The Balaban J connectivity index is 2.97. The number of amides is 1. The molecule has 1 amide bonds. The van der Waals surface area contributed by atoms with E-state index in [2.05, 4.69) is 60.1 Å². The van der Waals surface area contributed by atoms with E-state index in [4.69, 9.17) is 0 Å². The van der Waals surface area contributed by atoms with E-state index in [1.54, 1.807) is 0 Å². The fraction of sp³-hybridized carbons (Fsp3) is 0.615. The summed E-state index contributed by atoms with van der Waals surface area (Å²) in [6.45, 7) is 8.47. The molecule has 0 bridgehead atoms. The quantitative estimate of drug-likeness (QED) is 0.784. The molecule has 0 fully saturated rings. The minimum absolute atomic E-state index is 0.115. The van der Waals surface area contributed by atoms with Crippen molar-refractivity contribution in [3.63, 3.8) is 0 Å². The van der Waals surface area contributed by atoms with Crippen LogP contribution < -0.4 is 5.32 Å². The zero-order valence-corrected chi connectivity index (χ0v) is 15.3. The third-order valence-electron chi connectivity index (χ3n) is 3.36. The second kappa shape index (κ2) is 5.36. The summed E-state index contributed by atoms with van der Waals surface area (Å²) in [5.41, 5.74) is 0.246. The predicted molar refractivity (Wildman–Crippen MR) is 73.5 cm³/mol. The van der Waals surface area contributed by atoms with Crippen LogP contribution >= 0.6 is 0 Å². The summed E-state index contributed by atoms with van der Waals surface area (Å²) in [5, 5.41) is 2.80. The molecule has 95 valence electrons. The molecule has 1 rings (SSSR count). The number of rotatable bonds is 3. The molecular formula is C13H24NOSiZr. The van der Waals surface area contributed by atoms with Crippen molar-refractivity contribution in [1.82, 2.24) is 5.32 Å². The second-order valence-corrected chi connectivity index (χ2v) is 27.7. The number of allylic oxidation sites excluding steroid dienone is 4. The number of hydrogen-bond acceptors (Lipinski definition) is 1. The minimum atomic E-state index is -1.86. The topological polar surface area (TPSA) is 29.1 Å². The molecule has 0 aromatic carbocycles. The average molecular weight is 330 g/mol. The van der Waals surface area contributed by atoms with E-state index in [-0.39, 0.29) is 5.54 Å². The molecule has 0 aromatic rings. The standard InChI is InChI=1S/C11H18NOSi.2CH3.Zr/c1-11(2,3)12-10(13)14(4)9-7-5-6-8-9;;;/h5-7H,8H2,1-4H3,(H,12,13);2*1H3;. The van der Waals surface area contributed by atoms with Gasteiger partial charge in [0.05, 0.1) is 0 Å². The predicted octanol–water partition coefficient (Wildman–Crippen LogP) is 3.79. The molecule has 1 atom stereocenters. The van der Waals surface area contributed by atoms with Crippen LogP contribution in [0.1, 0.15) is 27.2 Å². The van der Waals surface area contributed by atoms with Crippen LogP contribution in [0.5, 0.6) is 0 Å². The van der Waals surface area contributed by atoms with E-state index < -0.39 is 26.1 Å². The van der Waals surface area contributed by atoms with Crippen LogP contribution in [0.15, 0.2) is 23.4 Å². The molecule has 0 aliphatic heterocycles. The third-order valence-corrected chi connectivity index (χ3v) is 26.8. The molecule has 4 heteroatoms. The molecule has 1 N–H and O–H groups in total. The number of carbonyl (C=O) groups is 1. The Morgan fingerprint density at radius 1 is 1.41 bits per heavy atom. The van der Waals surface area contributed by atoms with Gasteiger partial charge < -0.3 is 0 Å². The van der Waals surface area contributed by atoms with Crippen LogP contribution in [0.3, 0.4) is 0 Å². The Morgan fingerprint density at radius 2 is 2.00 bits per heavy atom. The first-order valence-electron chi connectivity index (χ1n) is 6.17. The maximum absolute atomic E-state index is 12.6. The third kappa shape index (κ3) is 3.51. The van der Waals surface area contributed by atoms with Gasteiger partial charge in [0.15, 0.2) is 0 Å². The van der Waals surface area contributed by atoms with E-state index in [0.717, 1.165) is 6.42 Å². The normalized spacial score (nSPS) is 18.6. The molecule has 0 heterocycles. The average Bonchev–Trinajstić information content (AvgIpc) is 2.65. The molecule has 0 saturated heterocycles. The first-order valence-corrected chi connectivity index (χ1v) is 17.3. The van der Waals surface area contributed by atoms with E-state index in [0.29, 0.717) is 5.53 Å². The van der Waals surface area contributed by atoms with Gasteiger partial charge in [0, 0.05) is 0 Å². The summed E-state index contributed by atoms with van der Waals surface area (Å²) in [7, 11) is 0. The summed E-state index contributed by atoms with van der Waals surface area (Å²) >= 11 is -1.57. The van der Waals surface area contributed by atoms with Gasteiger partial charge in [0.2, 0.25) is 0 Å². The second-order valence-electron chi connectivity index (χ2n) is 6.15. The molecule has 17 heavy (non-hydrogen) atoms. The molecular weight excluding hydrogens is 305 g/mol. The molecule has 2 nitrogen and oxygen atoms in total. The van der Waals surface area contributed by atoms with Crippen molar-refractivity contribution in [1.29, 1.82) is 0 Å². The van der Waals surface area contributed by atoms with Crippen molar-refractivity contribution in [2.45, 2.75) is 48.5 Å². The Kier molecular flexibility index (Phi) is 4.76. The Hall–Kier alpha value is 0.0500. The molecule has 0 aromatic heterocycles. The van der Waals surface area contributed by atoms with Gasteiger partial charge in [-0.05, 0) is 0 Å². The monoisotopic (exact) mass is 328 g/mol. The summed E-state index contributed by atoms with van der Waals surface area (Å²) in [5.74, 6) is 0. The summed E-state index contributed by atoms with van der Waals surface area (Å²) in [6, 6.07) is 0. The van der Waals surface area contributed by atoms with Crippen LogP contribution in [-0.2, 0) is 20.9 Å². The summed E-state index contributed by atoms with van der Waals surface area (Å²) < 4.78 is 4.74. The zero-order chi connectivity index (χ0) is 13.3. The van der Waals surface area contributed by atoms with Crippen molar-refractivity contribution in [3.8, 4) is 0 Å². The number of nitrogens with one attached hydrogen (secondary N) is 1. The van der Waals surface area contributed by atoms with Gasteiger partial charge in [0.1, 0.15) is 0 Å². The van der Waals surface area contributed by atoms with Crippen LogP contribution in [0.2, 0.25) is 15.8 Å². The van der Waals surface area contributed by atoms with Gasteiger partial charge in [-0.1, -0.05) is 0 Å². The van der Waals surface area contributed by atoms with Crippen molar-refractivity contribution in [2.24, 2.45) is 0 Å². The van der Waals surface area contributed by atoms with Crippen molar-refractivity contribution < 1.29 is 25.7 Å². The fourth-order valence-corrected chi connectivity index (χ4v) is 14.9. The van der Waals surface area contributed by atoms with Gasteiger partial charge in [-0.15, -0.1) is 0 Å². The van der Waals surface area contributed by atoms with Gasteiger partial charge in [-0.3, -0.25) is 0 Å². The van der Waals surface area contributed by atoms with Crippen molar-refractivity contribution in [2.75, 3.05) is 0 Å². The number of carbonyl (C=O) groups excluding carboxylic acids is 1. The van der Waals surface area contributed by atoms with Gasteiger partial charge in [-0.25, -0.2) is 0 Å². The van der Waals surface area contributed by atoms with Crippen LogP contribution in [-0.4, -0.2) is 16.3 Å². The first-order chi connectivity index (χ1) is 7.68. The Bertz CT molecular complexity index is 368. The molecule has 0 radical (unpaired) electrons. The van der Waals surface area contributed by atoms with Crippen LogP contribution in [0.25, 0.3) is 0 Å². The summed E-state index contributed by atoms with van der Waals surface area (Å²) in [6.07, 6.45) is 7.49. The van der Waals surface area contributed by atoms with E-state index >= 15 is 0 Å². The van der Waals surface area contributed by atoms with Crippen molar-refractivity contribution >= 4 is 10.7 Å². The van der Waals surface area contributed by atoms with Crippen LogP contribution in [0, 0.1) is 0 Å². The Labute approximate surface area is 113 Å². The summed E-state index contributed by atoms with van der Waals surface area (Å²) in [4.78, 5) is 12.6. The molecule has 1 aliphatic rings. The molecule has 0 saturated carbocycles. The molecule has 1 aliphatic carbocycles. The fourth-order valence-electron chi connectivity index (χ4n) is 1.98. The SMILES string of the molecule is [CH3][Zr]([CH3])[Si](C)(C(=O)NC(C)(C)C)C1=CC=CC1. The van der Waals surface area contributed by atoms with E-state index in [1.165, 1.54) is 5.20 Å². The van der Waals surface area contributed by atoms with Gasteiger partial charge in [-0.2, -0.15) is 0 Å². The molecule has 1 unspecified atom stereocenters. The van der Waals surface area contributed by atoms with Gasteiger partial charge >= 0.3 is 114 Å². The first kappa shape index (κ1) is 15.1. The van der Waals surface area contributed by atoms with Crippen LogP contribution in [0.4, 0.5) is 4.79 Å².